The lowest BCUT2D eigenvalue weighted by Crippen LogP contribution is -2.26. The molecule has 1 aromatic carbocycles. The third kappa shape index (κ3) is 6.95. The zero-order chi connectivity index (χ0) is 26.1. The van der Waals surface area contributed by atoms with E-state index < -0.39 is 6.23 Å². The summed E-state index contributed by atoms with van der Waals surface area (Å²) in [6, 6.07) is 10.1. The summed E-state index contributed by atoms with van der Waals surface area (Å²) < 4.78 is 1.77. The van der Waals surface area contributed by atoms with Crippen LogP contribution in [0.3, 0.4) is 0 Å². The van der Waals surface area contributed by atoms with Gasteiger partial charge in [0.2, 0.25) is 6.41 Å². The minimum atomic E-state index is -0.804. The topological polar surface area (TPSA) is 111 Å². The quantitative estimate of drug-likeness (QED) is 0.141. The first-order valence-electron chi connectivity index (χ1n) is 13.0. The van der Waals surface area contributed by atoms with E-state index in [1.807, 2.05) is 32.0 Å². The number of hydrogen-bond acceptors (Lipinski definition) is 6. The van der Waals surface area contributed by atoms with Gasteiger partial charge in [-0.25, -0.2) is 4.98 Å². The highest BCUT2D eigenvalue weighted by Gasteiger charge is 2.19. The number of benzene rings is 1. The van der Waals surface area contributed by atoms with Crippen LogP contribution in [0.25, 0.3) is 11.5 Å². The number of aryl methyl sites for hydroxylation is 1. The maximum absolute atomic E-state index is 11.7. The number of anilines is 2. The van der Waals surface area contributed by atoms with Gasteiger partial charge in [0, 0.05) is 24.5 Å². The van der Waals surface area contributed by atoms with Gasteiger partial charge in [0.15, 0.2) is 11.6 Å². The zero-order valence-electron chi connectivity index (χ0n) is 22.2. The predicted octanol–water partition coefficient (Wildman–Crippen LogP) is 4.40. The predicted molar refractivity (Wildman–Crippen MR) is 145 cm³/mol. The third-order valence-electron chi connectivity index (χ3n) is 6.34. The normalized spacial score (nSPS) is 12.9. The van der Waals surface area contributed by atoms with Crippen LogP contribution in [0, 0.1) is 6.92 Å². The minimum absolute atomic E-state index is 0.285. The number of nitrogens with zero attached hydrogens (tertiary/aromatic N) is 4. The number of amides is 1. The van der Waals surface area contributed by atoms with Gasteiger partial charge in [-0.1, -0.05) is 39.8 Å². The smallest absolute Gasteiger partial charge is 0.215 e. The SMILES string of the molecule is CCCNCc1[nH]c(-c2cc(C)n(CC(O)Nc3ccc(C(C)CC)cc3)n2)nc1N(C=O)CCC. The van der Waals surface area contributed by atoms with Crippen molar-refractivity contribution in [3.05, 3.63) is 47.3 Å². The number of aliphatic hydroxyl groups excluding tert-OH is 1. The number of carbonyl (C=O) groups is 1. The zero-order valence-corrected chi connectivity index (χ0v) is 22.2. The van der Waals surface area contributed by atoms with Crippen LogP contribution in [0.5, 0.6) is 0 Å². The summed E-state index contributed by atoms with van der Waals surface area (Å²) in [4.78, 5) is 21.4. The van der Waals surface area contributed by atoms with Crippen LogP contribution in [0.1, 0.15) is 69.8 Å². The standard InChI is InChI=1S/C27H41N7O2/c1-6-13-28-16-24-27(33(18-35)14-7-2)31-26(30-24)23-15-20(5)34(32-23)17-25(36)29-22-11-9-21(10-12-22)19(4)8-3/h9-12,15,18-19,25,28-29,36H,6-8,13-14,16-17H2,1-5H3,(H,30,31). The van der Waals surface area contributed by atoms with Crippen molar-refractivity contribution in [3.63, 3.8) is 0 Å². The molecule has 9 nitrogen and oxygen atoms in total. The van der Waals surface area contributed by atoms with Gasteiger partial charge in [0.05, 0.1) is 12.2 Å². The van der Waals surface area contributed by atoms with E-state index in [9.17, 15) is 9.90 Å². The number of H-pyrrole nitrogens is 1. The van der Waals surface area contributed by atoms with Crippen molar-refractivity contribution in [2.24, 2.45) is 0 Å². The minimum Gasteiger partial charge on any atom is -0.372 e. The van der Waals surface area contributed by atoms with E-state index in [0.717, 1.165) is 49.3 Å². The van der Waals surface area contributed by atoms with Gasteiger partial charge in [-0.15, -0.1) is 0 Å². The number of aliphatic hydroxyl groups is 1. The molecule has 0 aliphatic carbocycles. The molecule has 9 heteroatoms. The maximum Gasteiger partial charge on any atom is 0.215 e. The van der Waals surface area contributed by atoms with Gasteiger partial charge < -0.3 is 20.7 Å². The molecule has 2 atom stereocenters. The Hall–Kier alpha value is -3.17. The highest BCUT2D eigenvalue weighted by Crippen LogP contribution is 2.25. The molecule has 0 saturated carbocycles. The number of nitrogens with one attached hydrogen (secondary N) is 3. The molecular formula is C27H41N7O2. The molecule has 3 aromatic rings. The van der Waals surface area contributed by atoms with Crippen LogP contribution in [0.2, 0.25) is 0 Å². The summed E-state index contributed by atoms with van der Waals surface area (Å²) in [6.07, 6.45) is 2.97. The Morgan fingerprint density at radius 1 is 1.19 bits per heavy atom. The van der Waals surface area contributed by atoms with Crippen molar-refractivity contribution in [1.29, 1.82) is 0 Å². The molecule has 0 radical (unpaired) electrons. The second-order valence-corrected chi connectivity index (χ2v) is 9.31. The molecule has 0 fully saturated rings. The molecule has 0 spiro atoms. The number of rotatable bonds is 15. The highest BCUT2D eigenvalue weighted by molar-refractivity contribution is 5.75. The number of aromatic nitrogens is 4. The highest BCUT2D eigenvalue weighted by atomic mass is 16.3. The molecule has 2 aromatic heterocycles. The van der Waals surface area contributed by atoms with Crippen LogP contribution < -0.4 is 15.5 Å². The van der Waals surface area contributed by atoms with Crippen molar-refractivity contribution in [2.75, 3.05) is 23.3 Å². The Balaban J connectivity index is 1.74. The maximum atomic E-state index is 11.7. The number of hydrogen-bond donors (Lipinski definition) is 4. The summed E-state index contributed by atoms with van der Waals surface area (Å²) in [7, 11) is 0. The Bertz CT molecular complexity index is 1090. The lowest BCUT2D eigenvalue weighted by atomic mass is 9.99. The molecular weight excluding hydrogens is 454 g/mol. The van der Waals surface area contributed by atoms with Gasteiger partial charge in [0.1, 0.15) is 11.9 Å². The Morgan fingerprint density at radius 2 is 1.94 bits per heavy atom. The number of imidazole rings is 1. The lowest BCUT2D eigenvalue weighted by Gasteiger charge is -2.16. The largest absolute Gasteiger partial charge is 0.372 e. The molecule has 0 bridgehead atoms. The van der Waals surface area contributed by atoms with Crippen molar-refractivity contribution >= 4 is 17.9 Å². The molecule has 36 heavy (non-hydrogen) atoms. The van der Waals surface area contributed by atoms with Crippen LogP contribution >= 0.6 is 0 Å². The van der Waals surface area contributed by atoms with Crippen molar-refractivity contribution in [2.45, 2.75) is 79.1 Å². The van der Waals surface area contributed by atoms with E-state index in [4.69, 9.17) is 4.98 Å². The molecule has 196 valence electrons. The summed E-state index contributed by atoms with van der Waals surface area (Å²) >= 11 is 0. The molecule has 0 aliphatic rings. The molecule has 0 aliphatic heterocycles. The first-order valence-corrected chi connectivity index (χ1v) is 13.0. The summed E-state index contributed by atoms with van der Waals surface area (Å²) in [5.41, 5.74) is 4.59. The van der Waals surface area contributed by atoms with E-state index in [2.05, 4.69) is 53.6 Å². The Kier molecular flexibility index (Phi) is 10.1. The second-order valence-electron chi connectivity index (χ2n) is 9.31. The molecule has 2 heterocycles. The van der Waals surface area contributed by atoms with Gasteiger partial charge in [0.25, 0.3) is 0 Å². The van der Waals surface area contributed by atoms with Crippen LogP contribution in [-0.4, -0.2) is 50.6 Å². The van der Waals surface area contributed by atoms with Crippen molar-refractivity contribution in [3.8, 4) is 11.5 Å². The van der Waals surface area contributed by atoms with E-state index in [0.29, 0.717) is 36.3 Å². The third-order valence-corrected chi connectivity index (χ3v) is 6.34. The molecule has 1 amide bonds. The summed E-state index contributed by atoms with van der Waals surface area (Å²) in [6.45, 7) is 12.8. The van der Waals surface area contributed by atoms with Crippen LogP contribution in [0.4, 0.5) is 11.5 Å². The van der Waals surface area contributed by atoms with E-state index in [1.54, 1.807) is 9.58 Å². The van der Waals surface area contributed by atoms with Gasteiger partial charge in [-0.2, -0.15) is 5.10 Å². The average molecular weight is 496 g/mol. The molecule has 3 rings (SSSR count). The van der Waals surface area contributed by atoms with Gasteiger partial charge in [-0.3, -0.25) is 14.4 Å². The fourth-order valence-electron chi connectivity index (χ4n) is 4.08. The summed E-state index contributed by atoms with van der Waals surface area (Å²) in [5, 5.41) is 21.9. The number of aromatic amines is 1. The average Bonchev–Trinajstić information content (AvgIpc) is 3.46. The van der Waals surface area contributed by atoms with Crippen molar-refractivity contribution in [1.82, 2.24) is 25.1 Å². The molecule has 2 unspecified atom stereocenters. The summed E-state index contributed by atoms with van der Waals surface area (Å²) in [5.74, 6) is 1.74. The van der Waals surface area contributed by atoms with Crippen molar-refractivity contribution < 1.29 is 9.90 Å². The molecule has 0 saturated heterocycles. The fraction of sp³-hybridized carbons (Fsp3) is 0.519. The Labute approximate surface area is 214 Å². The first kappa shape index (κ1) is 27.4. The van der Waals surface area contributed by atoms with E-state index in [1.165, 1.54) is 5.56 Å². The lowest BCUT2D eigenvalue weighted by molar-refractivity contribution is -0.107. The first-order chi connectivity index (χ1) is 17.4. The number of carbonyl (C=O) groups excluding carboxylic acids is 1. The van der Waals surface area contributed by atoms with E-state index in [-0.39, 0.29) is 6.54 Å². The molecule has 4 N–H and O–H groups in total. The Morgan fingerprint density at radius 3 is 2.58 bits per heavy atom. The van der Waals surface area contributed by atoms with Crippen LogP contribution in [0.15, 0.2) is 30.3 Å². The monoisotopic (exact) mass is 495 g/mol. The van der Waals surface area contributed by atoms with Gasteiger partial charge >= 0.3 is 0 Å². The van der Waals surface area contributed by atoms with Crippen LogP contribution in [-0.2, 0) is 17.9 Å². The second kappa shape index (κ2) is 13.2. The van der Waals surface area contributed by atoms with E-state index >= 15 is 0 Å². The van der Waals surface area contributed by atoms with Gasteiger partial charge in [-0.05, 0) is 62.4 Å². The fourth-order valence-corrected chi connectivity index (χ4v) is 4.08.